The summed E-state index contributed by atoms with van der Waals surface area (Å²) in [6.45, 7) is -0.965. The zero-order valence-corrected chi connectivity index (χ0v) is 12.8. The number of rotatable bonds is 5. The topological polar surface area (TPSA) is 69.7 Å². The lowest BCUT2D eigenvalue weighted by atomic mass is 10.2. The number of benzene rings is 2. The molecular formula is C15H11F3O5S. The first-order valence-corrected chi connectivity index (χ1v) is 7.92. The second kappa shape index (κ2) is 7.02. The minimum Gasteiger partial charge on any atom is -0.425 e. The van der Waals surface area contributed by atoms with Crippen molar-refractivity contribution in [3.63, 3.8) is 0 Å². The van der Waals surface area contributed by atoms with Crippen molar-refractivity contribution in [2.45, 2.75) is 11.1 Å². The zero-order valence-electron chi connectivity index (χ0n) is 12.0. The quantitative estimate of drug-likeness (QED) is 0.466. The molecule has 0 atom stereocenters. The highest BCUT2D eigenvalue weighted by atomic mass is 32.2. The van der Waals surface area contributed by atoms with Crippen LogP contribution in [0.4, 0.5) is 13.2 Å². The van der Waals surface area contributed by atoms with E-state index in [0.717, 1.165) is 18.2 Å². The number of carbonyl (C=O) groups is 1. The van der Waals surface area contributed by atoms with E-state index < -0.39 is 39.3 Å². The maximum Gasteiger partial charge on any atom is 0.416 e. The minimum absolute atomic E-state index is 0.183. The summed E-state index contributed by atoms with van der Waals surface area (Å²) in [7, 11) is -4.53. The lowest BCUT2D eigenvalue weighted by Gasteiger charge is -2.09. The van der Waals surface area contributed by atoms with Crippen LogP contribution in [0.25, 0.3) is 0 Å². The fourth-order valence-corrected chi connectivity index (χ4v) is 2.58. The van der Waals surface area contributed by atoms with Crippen molar-refractivity contribution in [1.82, 2.24) is 0 Å². The molecule has 0 aromatic heterocycles. The largest absolute Gasteiger partial charge is 0.425 e. The second-order valence-corrected chi connectivity index (χ2v) is 6.14. The van der Waals surface area contributed by atoms with Crippen LogP contribution >= 0.6 is 0 Å². The van der Waals surface area contributed by atoms with Crippen molar-refractivity contribution in [3.8, 4) is 5.75 Å². The Morgan fingerprint density at radius 3 is 2.29 bits per heavy atom. The van der Waals surface area contributed by atoms with E-state index in [1.54, 1.807) is 18.2 Å². The normalized spacial score (nSPS) is 12.0. The Morgan fingerprint density at radius 1 is 1.00 bits per heavy atom. The Labute approximate surface area is 135 Å². The summed E-state index contributed by atoms with van der Waals surface area (Å²) in [5.41, 5.74) is -1.14. The highest BCUT2D eigenvalue weighted by Crippen LogP contribution is 2.30. The average molecular weight is 360 g/mol. The molecule has 0 fully saturated rings. The third kappa shape index (κ3) is 4.80. The van der Waals surface area contributed by atoms with Crippen molar-refractivity contribution < 1.29 is 35.3 Å². The molecule has 0 aliphatic carbocycles. The van der Waals surface area contributed by atoms with Crippen LogP contribution in [0.3, 0.4) is 0 Å². The third-order valence-corrected chi connectivity index (χ3v) is 4.02. The van der Waals surface area contributed by atoms with Gasteiger partial charge in [-0.1, -0.05) is 24.3 Å². The fraction of sp³-hybridized carbons (Fsp3) is 0.133. The van der Waals surface area contributed by atoms with Gasteiger partial charge in [0.1, 0.15) is 5.75 Å². The number of hydrogen-bond acceptors (Lipinski definition) is 5. The van der Waals surface area contributed by atoms with E-state index >= 15 is 0 Å². The van der Waals surface area contributed by atoms with Crippen molar-refractivity contribution in [2.75, 3.05) is 6.61 Å². The Morgan fingerprint density at radius 2 is 1.67 bits per heavy atom. The molecule has 0 unspecified atom stereocenters. The van der Waals surface area contributed by atoms with Crippen LogP contribution in [-0.2, 0) is 25.3 Å². The molecule has 0 aliphatic rings. The van der Waals surface area contributed by atoms with E-state index in [2.05, 4.69) is 4.18 Å². The lowest BCUT2D eigenvalue weighted by Crippen LogP contribution is -2.19. The van der Waals surface area contributed by atoms with Gasteiger partial charge in [-0.3, -0.25) is 4.18 Å². The average Bonchev–Trinajstić information content (AvgIpc) is 2.53. The van der Waals surface area contributed by atoms with Gasteiger partial charge in [0.25, 0.3) is 10.1 Å². The Hall–Kier alpha value is -2.39. The molecule has 128 valence electrons. The Balaban J connectivity index is 2.05. The van der Waals surface area contributed by atoms with E-state index in [1.807, 2.05) is 0 Å². The molecule has 5 nitrogen and oxygen atoms in total. The van der Waals surface area contributed by atoms with E-state index in [-0.39, 0.29) is 5.75 Å². The summed E-state index contributed by atoms with van der Waals surface area (Å²) in [5.74, 6) is -0.820. The minimum atomic E-state index is -4.70. The number of alkyl halides is 3. The monoisotopic (exact) mass is 360 g/mol. The second-order valence-electron chi connectivity index (χ2n) is 4.53. The van der Waals surface area contributed by atoms with Crippen LogP contribution in [0.1, 0.15) is 5.56 Å². The van der Waals surface area contributed by atoms with Crippen LogP contribution in [0.5, 0.6) is 5.75 Å². The van der Waals surface area contributed by atoms with Crippen LogP contribution in [0.2, 0.25) is 0 Å². The van der Waals surface area contributed by atoms with Crippen molar-refractivity contribution in [3.05, 3.63) is 60.2 Å². The van der Waals surface area contributed by atoms with E-state index in [4.69, 9.17) is 4.74 Å². The molecule has 0 saturated carbocycles. The summed E-state index contributed by atoms with van der Waals surface area (Å²) < 4.78 is 70.8. The Bertz CT molecular complexity index is 817. The van der Waals surface area contributed by atoms with Gasteiger partial charge in [0.05, 0.1) is 10.5 Å². The van der Waals surface area contributed by atoms with Crippen LogP contribution in [0.15, 0.2) is 59.5 Å². The third-order valence-electron chi connectivity index (χ3n) is 2.76. The van der Waals surface area contributed by atoms with E-state index in [1.165, 1.54) is 12.1 Å². The number of para-hydroxylation sites is 1. The summed E-state index contributed by atoms with van der Waals surface area (Å²) in [5, 5.41) is 0. The zero-order chi connectivity index (χ0) is 17.8. The van der Waals surface area contributed by atoms with E-state index in [0.29, 0.717) is 6.07 Å². The first-order valence-electron chi connectivity index (χ1n) is 6.51. The predicted molar refractivity (Wildman–Crippen MR) is 76.7 cm³/mol. The maximum absolute atomic E-state index is 12.6. The van der Waals surface area contributed by atoms with Gasteiger partial charge in [0.15, 0.2) is 6.61 Å². The van der Waals surface area contributed by atoms with Gasteiger partial charge in [-0.05, 0) is 30.3 Å². The molecule has 0 saturated heterocycles. The van der Waals surface area contributed by atoms with Gasteiger partial charge >= 0.3 is 12.1 Å². The number of halogens is 3. The molecule has 2 aromatic carbocycles. The summed E-state index contributed by atoms with van der Waals surface area (Å²) in [4.78, 5) is 10.8. The van der Waals surface area contributed by atoms with Gasteiger partial charge in [0, 0.05) is 0 Å². The van der Waals surface area contributed by atoms with Gasteiger partial charge in [-0.15, -0.1) is 0 Å². The van der Waals surface area contributed by atoms with Crippen molar-refractivity contribution in [2.24, 2.45) is 0 Å². The fourth-order valence-electron chi connectivity index (χ4n) is 1.67. The summed E-state index contributed by atoms with van der Waals surface area (Å²) in [6.07, 6.45) is -4.70. The molecule has 2 rings (SSSR count). The van der Waals surface area contributed by atoms with Crippen molar-refractivity contribution >= 4 is 16.1 Å². The number of ether oxygens (including phenoxy) is 1. The van der Waals surface area contributed by atoms with Gasteiger partial charge in [0.2, 0.25) is 0 Å². The van der Waals surface area contributed by atoms with Crippen LogP contribution in [-0.4, -0.2) is 21.0 Å². The van der Waals surface area contributed by atoms with Gasteiger partial charge in [-0.2, -0.15) is 21.6 Å². The summed E-state index contributed by atoms with van der Waals surface area (Å²) >= 11 is 0. The standard InChI is InChI=1S/C15H11F3O5S/c16-15(17,18)11-5-4-8-13(9-11)24(20,21)22-10-14(19)23-12-6-2-1-3-7-12/h1-9H,10H2. The molecule has 0 aliphatic heterocycles. The number of hydrogen-bond donors (Lipinski definition) is 0. The van der Waals surface area contributed by atoms with Gasteiger partial charge < -0.3 is 4.74 Å². The predicted octanol–water partition coefficient (Wildman–Crippen LogP) is 3.02. The molecule has 2 aromatic rings. The summed E-state index contributed by atoms with van der Waals surface area (Å²) in [6, 6.07) is 10.9. The maximum atomic E-state index is 12.6. The molecule has 0 radical (unpaired) electrons. The van der Waals surface area contributed by atoms with Crippen LogP contribution in [0, 0.1) is 0 Å². The molecule has 0 amide bonds. The highest BCUT2D eigenvalue weighted by molar-refractivity contribution is 7.86. The first-order chi connectivity index (χ1) is 11.2. The molecule has 0 spiro atoms. The molecule has 0 heterocycles. The first kappa shape index (κ1) is 18.0. The van der Waals surface area contributed by atoms with Crippen molar-refractivity contribution in [1.29, 1.82) is 0 Å². The number of carbonyl (C=O) groups excluding carboxylic acids is 1. The molecular weight excluding hydrogens is 349 g/mol. The van der Waals surface area contributed by atoms with Gasteiger partial charge in [-0.25, -0.2) is 4.79 Å². The Kier molecular flexibility index (Phi) is 5.25. The number of esters is 1. The molecule has 0 N–H and O–H groups in total. The SMILES string of the molecule is O=C(COS(=O)(=O)c1cccc(C(F)(F)F)c1)Oc1ccccc1. The molecule has 0 bridgehead atoms. The lowest BCUT2D eigenvalue weighted by molar-refractivity contribution is -0.138. The highest BCUT2D eigenvalue weighted by Gasteiger charge is 2.32. The van der Waals surface area contributed by atoms with Crippen LogP contribution < -0.4 is 4.74 Å². The van der Waals surface area contributed by atoms with E-state index in [9.17, 15) is 26.4 Å². The molecule has 9 heteroatoms. The smallest absolute Gasteiger partial charge is 0.416 e. The molecule has 24 heavy (non-hydrogen) atoms.